The minimum atomic E-state index is -3.95. The first-order valence-electron chi connectivity index (χ1n) is 11.7. The largest absolute Gasteiger partial charge is 0.354 e. The number of fused-ring (bicyclic) bond motifs is 1. The normalized spacial score (nSPS) is 14.9. The van der Waals surface area contributed by atoms with Crippen molar-refractivity contribution in [3.63, 3.8) is 0 Å². The van der Waals surface area contributed by atoms with Crippen LogP contribution in [0.4, 0.5) is 0 Å². The van der Waals surface area contributed by atoms with E-state index < -0.39 is 22.0 Å². The van der Waals surface area contributed by atoms with Crippen molar-refractivity contribution in [2.45, 2.75) is 57.0 Å². The van der Waals surface area contributed by atoms with E-state index in [1.165, 1.54) is 17.0 Å². The zero-order valence-corrected chi connectivity index (χ0v) is 22.5. The van der Waals surface area contributed by atoms with Gasteiger partial charge in [-0.1, -0.05) is 54.7 Å². The number of nitrogens with one attached hydrogen (secondary N) is 1. The summed E-state index contributed by atoms with van der Waals surface area (Å²) in [6.45, 7) is 4.13. The van der Waals surface area contributed by atoms with Crippen LogP contribution in [-0.2, 0) is 26.2 Å². The Hall–Kier alpha value is -2.62. The maximum atomic E-state index is 13.2. The molecule has 1 N–H and O–H groups in total. The van der Waals surface area contributed by atoms with E-state index in [-0.39, 0.29) is 48.2 Å². The number of rotatable bonds is 11. The number of amides is 3. The van der Waals surface area contributed by atoms with Crippen LogP contribution in [0.15, 0.2) is 47.4 Å². The van der Waals surface area contributed by atoms with Crippen LogP contribution in [-0.4, -0.2) is 54.5 Å². The molecule has 0 aromatic heterocycles. The van der Waals surface area contributed by atoms with Crippen molar-refractivity contribution in [2.75, 3.05) is 13.1 Å². The van der Waals surface area contributed by atoms with Gasteiger partial charge in [0, 0.05) is 26.1 Å². The van der Waals surface area contributed by atoms with Crippen LogP contribution in [0.3, 0.4) is 0 Å². The molecular weight excluding hydrogens is 525 g/mol. The standard InChI is InChI=1S/C25H29Cl2N3O5S/c1-3-4-13-28-24(32)17(2)29(16-18-11-12-20(26)21(27)15-18)23(31)10-7-14-30-25(33)19-8-5-6-9-22(19)36(30,34)35/h5-6,8-9,11-12,15,17H,3-4,7,10,13-14,16H2,1-2H3,(H,28,32)/t17-/m1/s1. The van der Waals surface area contributed by atoms with Gasteiger partial charge in [-0.3, -0.25) is 14.4 Å². The molecule has 0 spiro atoms. The highest BCUT2D eigenvalue weighted by molar-refractivity contribution is 7.90. The third kappa shape index (κ3) is 6.19. The second-order valence-corrected chi connectivity index (χ2v) is 11.2. The third-order valence-corrected chi connectivity index (χ3v) is 8.58. The summed E-state index contributed by atoms with van der Waals surface area (Å²) < 4.78 is 26.3. The Morgan fingerprint density at radius 3 is 2.47 bits per heavy atom. The summed E-state index contributed by atoms with van der Waals surface area (Å²) in [5, 5.41) is 3.55. The van der Waals surface area contributed by atoms with Crippen molar-refractivity contribution < 1.29 is 22.8 Å². The minimum absolute atomic E-state index is 0.0278. The molecule has 1 aliphatic rings. The van der Waals surface area contributed by atoms with Crippen LogP contribution in [0.2, 0.25) is 10.0 Å². The second kappa shape index (κ2) is 12.1. The molecule has 0 saturated carbocycles. The molecule has 1 atom stereocenters. The number of nitrogens with zero attached hydrogens (tertiary/aromatic N) is 2. The Morgan fingerprint density at radius 2 is 1.81 bits per heavy atom. The van der Waals surface area contributed by atoms with Gasteiger partial charge in [-0.2, -0.15) is 0 Å². The third-order valence-electron chi connectivity index (χ3n) is 6.00. The number of sulfonamides is 1. The predicted octanol–water partition coefficient (Wildman–Crippen LogP) is 4.25. The molecule has 3 rings (SSSR count). The van der Waals surface area contributed by atoms with Crippen LogP contribution < -0.4 is 5.32 Å². The van der Waals surface area contributed by atoms with Crippen molar-refractivity contribution in [1.29, 1.82) is 0 Å². The molecule has 0 saturated heterocycles. The Balaban J connectivity index is 1.71. The molecule has 11 heteroatoms. The Bertz CT molecular complexity index is 1250. The van der Waals surface area contributed by atoms with Crippen LogP contribution in [0.1, 0.15) is 55.5 Å². The maximum Gasteiger partial charge on any atom is 0.269 e. The van der Waals surface area contributed by atoms with Gasteiger partial charge in [-0.15, -0.1) is 0 Å². The SMILES string of the molecule is CCCCNC(=O)[C@@H](C)N(Cc1ccc(Cl)c(Cl)c1)C(=O)CCCN1C(=O)c2ccccc2S1(=O)=O. The first-order valence-corrected chi connectivity index (χ1v) is 13.9. The molecule has 8 nitrogen and oxygen atoms in total. The van der Waals surface area contributed by atoms with Gasteiger partial charge in [0.15, 0.2) is 0 Å². The summed E-state index contributed by atoms with van der Waals surface area (Å²) in [6.07, 6.45) is 1.80. The molecule has 194 valence electrons. The number of carbonyl (C=O) groups is 3. The first kappa shape index (κ1) is 28.0. The molecular formula is C25H29Cl2N3O5S. The molecule has 0 aliphatic carbocycles. The predicted molar refractivity (Wildman–Crippen MR) is 138 cm³/mol. The van der Waals surface area contributed by atoms with E-state index in [2.05, 4.69) is 5.32 Å². The van der Waals surface area contributed by atoms with Crippen LogP contribution in [0, 0.1) is 0 Å². The fourth-order valence-electron chi connectivity index (χ4n) is 3.92. The van der Waals surface area contributed by atoms with Crippen LogP contribution in [0.25, 0.3) is 0 Å². The monoisotopic (exact) mass is 553 g/mol. The van der Waals surface area contributed by atoms with Gasteiger partial charge in [0.25, 0.3) is 15.9 Å². The van der Waals surface area contributed by atoms with Crippen LogP contribution in [0.5, 0.6) is 0 Å². The van der Waals surface area contributed by atoms with Gasteiger partial charge in [-0.05, 0) is 49.6 Å². The van der Waals surface area contributed by atoms with Gasteiger partial charge in [-0.25, -0.2) is 12.7 Å². The van der Waals surface area contributed by atoms with Gasteiger partial charge in [0.2, 0.25) is 11.8 Å². The molecule has 1 aliphatic heterocycles. The van der Waals surface area contributed by atoms with E-state index in [9.17, 15) is 22.8 Å². The van der Waals surface area contributed by atoms with E-state index >= 15 is 0 Å². The molecule has 0 radical (unpaired) electrons. The molecule has 0 unspecified atom stereocenters. The van der Waals surface area contributed by atoms with Gasteiger partial charge in [0.05, 0.1) is 15.6 Å². The minimum Gasteiger partial charge on any atom is -0.354 e. The van der Waals surface area contributed by atoms with E-state index in [4.69, 9.17) is 23.2 Å². The number of halogens is 2. The summed E-state index contributed by atoms with van der Waals surface area (Å²) in [5.74, 6) is -1.24. The Labute approximate surface area is 221 Å². The fraction of sp³-hybridized carbons (Fsp3) is 0.400. The van der Waals surface area contributed by atoms with Crippen molar-refractivity contribution >= 4 is 50.9 Å². The maximum absolute atomic E-state index is 13.2. The average molecular weight is 554 g/mol. The number of hydrogen-bond donors (Lipinski definition) is 1. The lowest BCUT2D eigenvalue weighted by Crippen LogP contribution is -2.48. The summed E-state index contributed by atoms with van der Waals surface area (Å²) >= 11 is 12.1. The van der Waals surface area contributed by atoms with Gasteiger partial charge < -0.3 is 10.2 Å². The van der Waals surface area contributed by atoms with E-state index in [1.54, 1.807) is 37.3 Å². The molecule has 1 heterocycles. The lowest BCUT2D eigenvalue weighted by Gasteiger charge is -2.29. The van der Waals surface area contributed by atoms with Gasteiger partial charge >= 0.3 is 0 Å². The Kier molecular flexibility index (Phi) is 9.38. The smallest absolute Gasteiger partial charge is 0.269 e. The molecule has 36 heavy (non-hydrogen) atoms. The summed E-state index contributed by atoms with van der Waals surface area (Å²) in [5.41, 5.74) is 0.821. The molecule has 3 amide bonds. The Morgan fingerprint density at radius 1 is 1.08 bits per heavy atom. The van der Waals surface area contributed by atoms with Crippen molar-refractivity contribution in [2.24, 2.45) is 0 Å². The topological polar surface area (TPSA) is 104 Å². The molecule has 0 bridgehead atoms. The van der Waals surface area contributed by atoms with Crippen LogP contribution >= 0.6 is 23.2 Å². The zero-order chi connectivity index (χ0) is 26.5. The molecule has 2 aromatic carbocycles. The number of hydrogen-bond acceptors (Lipinski definition) is 5. The van der Waals surface area contributed by atoms with Crippen molar-refractivity contribution in [3.8, 4) is 0 Å². The molecule has 0 fully saturated rings. The van der Waals surface area contributed by atoms with Crippen molar-refractivity contribution in [1.82, 2.24) is 14.5 Å². The first-order chi connectivity index (χ1) is 17.1. The zero-order valence-electron chi connectivity index (χ0n) is 20.2. The highest BCUT2D eigenvalue weighted by Gasteiger charge is 2.40. The quantitative estimate of drug-likeness (QED) is 0.419. The van der Waals surface area contributed by atoms with Crippen molar-refractivity contribution in [3.05, 3.63) is 63.6 Å². The van der Waals surface area contributed by atoms with Gasteiger partial charge in [0.1, 0.15) is 10.9 Å². The number of benzene rings is 2. The highest BCUT2D eigenvalue weighted by atomic mass is 35.5. The summed E-state index contributed by atoms with van der Waals surface area (Å²) in [7, 11) is -3.95. The second-order valence-electron chi connectivity index (χ2n) is 8.57. The number of unbranched alkanes of at least 4 members (excludes halogenated alkanes) is 1. The summed E-state index contributed by atoms with van der Waals surface area (Å²) in [6, 6.07) is 10.2. The van der Waals surface area contributed by atoms with E-state index in [1.807, 2.05) is 6.92 Å². The summed E-state index contributed by atoms with van der Waals surface area (Å²) in [4.78, 5) is 40.0. The van der Waals surface area contributed by atoms with E-state index in [0.29, 0.717) is 22.2 Å². The lowest BCUT2D eigenvalue weighted by molar-refractivity contribution is -0.140. The van der Waals surface area contributed by atoms with E-state index in [0.717, 1.165) is 17.1 Å². The lowest BCUT2D eigenvalue weighted by atomic mass is 10.1. The fourth-order valence-corrected chi connectivity index (χ4v) is 5.85. The highest BCUT2D eigenvalue weighted by Crippen LogP contribution is 2.30. The number of carbonyl (C=O) groups excluding carboxylic acids is 3. The average Bonchev–Trinajstić information content (AvgIpc) is 3.04. The molecule has 2 aromatic rings.